The summed E-state index contributed by atoms with van der Waals surface area (Å²) in [5.41, 5.74) is 30.1. The van der Waals surface area contributed by atoms with Crippen molar-refractivity contribution in [2.24, 2.45) is 0 Å². The number of rotatable bonds is 9. The van der Waals surface area contributed by atoms with Gasteiger partial charge >= 0.3 is 0 Å². The second-order valence-corrected chi connectivity index (χ2v) is 32.7. The Hall–Kier alpha value is -16.7. The first kappa shape index (κ1) is 71.2. The van der Waals surface area contributed by atoms with E-state index in [0.717, 1.165) is 17.1 Å². The van der Waals surface area contributed by atoms with Gasteiger partial charge in [-0.3, -0.25) is 0 Å². The maximum atomic E-state index is 2.41. The van der Waals surface area contributed by atoms with Crippen LogP contribution in [0, 0.1) is 0 Å². The maximum absolute atomic E-state index is 2.41. The molecule has 0 atom stereocenters. The van der Waals surface area contributed by atoms with E-state index in [-0.39, 0.29) is 0 Å². The standard InChI is InChI=1S/C42H27N3.C40H26N2.C36H24N2/c1-6-19-37-31(14-1)32-15-2-7-20-38(32)43(37)28-12-11-13-29(26-28)44-41-23-10-5-18-35(41)36-27-30(24-25-42(36)44)45-39-21-8-3-16-33(39)34-17-4-9-22-40(34)45;1-2-11-28-24-30(21-20-27(28)10-1)29-12-9-13-31(25-29)41-39-19-8-5-16-35(39)36-26-32(22-23-40(36)41)42-37-17-6-3-14-33(37)34-15-4-7-18-38(34)42;1-3-11-27(12-4-1)37-33-17-9-7-15-29(33)31-23-25(19-21-35(31)37)26-20-22-36-32(24-26)30-16-8-10-18-34(30)38(36)28-13-5-2-6-14-28/h1-27H;1-26H;1-24H. The second kappa shape index (κ2) is 29.0. The number of hydrogen-bond acceptors (Lipinski definition) is 0. The summed E-state index contributed by atoms with van der Waals surface area (Å²) < 4.78 is 16.7. The molecular formula is C118H77N7. The van der Waals surface area contributed by atoms with Crippen molar-refractivity contribution in [3.63, 3.8) is 0 Å². The molecule has 0 amide bonds. The van der Waals surface area contributed by atoms with Crippen molar-refractivity contribution in [3.8, 4) is 62.1 Å². The van der Waals surface area contributed by atoms with Gasteiger partial charge < -0.3 is 32.0 Å². The summed E-state index contributed by atoms with van der Waals surface area (Å²) in [5, 5.41) is 20.3. The zero-order valence-electron chi connectivity index (χ0n) is 68.1. The predicted molar refractivity (Wildman–Crippen MR) is 528 cm³/mol. The molecule has 27 rings (SSSR count). The monoisotopic (exact) mass is 1590 g/mol. The average Bonchev–Trinajstić information content (AvgIpc) is 1.58. The fraction of sp³-hybridized carbons (Fsp3) is 0. The zero-order valence-corrected chi connectivity index (χ0v) is 68.1. The Balaban J connectivity index is 0.000000103. The molecule has 0 bridgehead atoms. The van der Waals surface area contributed by atoms with Gasteiger partial charge in [0.15, 0.2) is 0 Å². The van der Waals surface area contributed by atoms with E-state index < -0.39 is 0 Å². The molecule has 27 aromatic rings. The first-order chi connectivity index (χ1) is 62.0. The van der Waals surface area contributed by atoms with Crippen LogP contribution >= 0.6 is 0 Å². The van der Waals surface area contributed by atoms with Gasteiger partial charge in [-0.05, 0) is 215 Å². The van der Waals surface area contributed by atoms with E-state index in [9.17, 15) is 0 Å². The SMILES string of the molecule is c1cc(-c2ccc3ccccc3c2)cc(-n2c3ccccc3c3cc(-n4c5ccccc5c5ccccc54)ccc32)c1.c1cc(-n2c3ccccc3c3ccccc32)cc(-n2c3ccccc3c3cc(-n4c5ccccc5c5ccccc54)ccc32)c1.c1ccc(-n2c3ccccc3c3cc(-c4ccc5c(c4)c4ccccc4n5-c4ccccc4)ccc32)cc1. The van der Waals surface area contributed by atoms with Crippen LogP contribution in [0.4, 0.5) is 0 Å². The fourth-order valence-corrected chi connectivity index (χ4v) is 20.3. The van der Waals surface area contributed by atoms with Crippen LogP contribution in [0.3, 0.4) is 0 Å². The molecule has 0 aliphatic heterocycles. The van der Waals surface area contributed by atoms with Gasteiger partial charge in [0, 0.05) is 115 Å². The molecule has 584 valence electrons. The number of fused-ring (bicyclic) bond motifs is 22. The third-order valence-corrected chi connectivity index (χ3v) is 25.8. The van der Waals surface area contributed by atoms with Crippen molar-refractivity contribution in [2.75, 3.05) is 0 Å². The van der Waals surface area contributed by atoms with Gasteiger partial charge in [0.25, 0.3) is 0 Å². The van der Waals surface area contributed by atoms with Crippen molar-refractivity contribution in [1.29, 1.82) is 0 Å². The third-order valence-electron chi connectivity index (χ3n) is 25.8. The van der Waals surface area contributed by atoms with Crippen molar-refractivity contribution >= 4 is 163 Å². The Morgan fingerprint density at radius 1 is 0.0960 bits per heavy atom. The molecule has 0 N–H and O–H groups in total. The molecule has 0 fully saturated rings. The Bertz CT molecular complexity index is 8690. The lowest BCUT2D eigenvalue weighted by molar-refractivity contribution is 1.13. The minimum Gasteiger partial charge on any atom is -0.309 e. The summed E-state index contributed by atoms with van der Waals surface area (Å²) in [6.07, 6.45) is 0. The Morgan fingerprint density at radius 3 is 0.640 bits per heavy atom. The molecule has 0 aliphatic carbocycles. The summed E-state index contributed by atoms with van der Waals surface area (Å²) >= 11 is 0. The van der Waals surface area contributed by atoms with Gasteiger partial charge in [-0.25, -0.2) is 0 Å². The third kappa shape index (κ3) is 11.5. The van der Waals surface area contributed by atoms with Crippen LogP contribution in [-0.4, -0.2) is 32.0 Å². The number of aromatic nitrogens is 7. The zero-order chi connectivity index (χ0) is 82.2. The lowest BCUT2D eigenvalue weighted by Gasteiger charge is -2.13. The van der Waals surface area contributed by atoms with E-state index in [1.165, 1.54) is 208 Å². The molecule has 20 aromatic carbocycles. The summed E-state index contributed by atoms with van der Waals surface area (Å²) in [6, 6.07) is 169. The topological polar surface area (TPSA) is 34.5 Å². The maximum Gasteiger partial charge on any atom is 0.0542 e. The van der Waals surface area contributed by atoms with Gasteiger partial charge in [-0.15, -0.1) is 0 Å². The quantitative estimate of drug-likeness (QED) is 0.138. The van der Waals surface area contributed by atoms with Gasteiger partial charge in [-0.2, -0.15) is 0 Å². The minimum atomic E-state index is 1.14. The van der Waals surface area contributed by atoms with Crippen LogP contribution in [-0.2, 0) is 0 Å². The normalized spacial score (nSPS) is 11.8. The van der Waals surface area contributed by atoms with E-state index in [2.05, 4.69) is 499 Å². The number of nitrogens with zero attached hydrogens (tertiary/aromatic N) is 7. The van der Waals surface area contributed by atoms with Crippen molar-refractivity contribution < 1.29 is 0 Å². The molecule has 0 saturated carbocycles. The van der Waals surface area contributed by atoms with E-state index >= 15 is 0 Å². The molecule has 7 heterocycles. The number of benzene rings is 20. The molecule has 0 aliphatic rings. The molecule has 0 radical (unpaired) electrons. The molecular weight excluding hydrogens is 1520 g/mol. The van der Waals surface area contributed by atoms with Gasteiger partial charge in [0.1, 0.15) is 0 Å². The lowest BCUT2D eigenvalue weighted by atomic mass is 10.0. The van der Waals surface area contributed by atoms with Crippen LogP contribution in [0.2, 0.25) is 0 Å². The van der Waals surface area contributed by atoms with Crippen molar-refractivity contribution in [2.45, 2.75) is 0 Å². The van der Waals surface area contributed by atoms with Crippen LogP contribution in [0.15, 0.2) is 467 Å². The van der Waals surface area contributed by atoms with Crippen molar-refractivity contribution in [3.05, 3.63) is 467 Å². The largest absolute Gasteiger partial charge is 0.309 e. The number of hydrogen-bond donors (Lipinski definition) is 0. The highest BCUT2D eigenvalue weighted by atomic mass is 15.0. The van der Waals surface area contributed by atoms with Crippen LogP contribution < -0.4 is 0 Å². The van der Waals surface area contributed by atoms with E-state index in [1.807, 2.05) is 0 Å². The molecule has 125 heavy (non-hydrogen) atoms. The second-order valence-electron chi connectivity index (χ2n) is 32.7. The summed E-state index contributed by atoms with van der Waals surface area (Å²) in [7, 11) is 0. The summed E-state index contributed by atoms with van der Waals surface area (Å²) in [5.74, 6) is 0. The average molecular weight is 1590 g/mol. The Labute approximate surface area is 719 Å². The van der Waals surface area contributed by atoms with Gasteiger partial charge in [-0.1, -0.05) is 285 Å². The summed E-state index contributed by atoms with van der Waals surface area (Å²) in [4.78, 5) is 0. The molecule has 7 heteroatoms. The highest BCUT2D eigenvalue weighted by Crippen LogP contribution is 2.44. The molecule has 7 aromatic heterocycles. The van der Waals surface area contributed by atoms with E-state index in [1.54, 1.807) is 0 Å². The first-order valence-electron chi connectivity index (χ1n) is 43.0. The summed E-state index contributed by atoms with van der Waals surface area (Å²) in [6.45, 7) is 0. The van der Waals surface area contributed by atoms with Gasteiger partial charge in [0.05, 0.1) is 77.2 Å². The molecule has 0 spiro atoms. The fourth-order valence-electron chi connectivity index (χ4n) is 20.3. The smallest absolute Gasteiger partial charge is 0.0542 e. The van der Waals surface area contributed by atoms with Crippen LogP contribution in [0.1, 0.15) is 0 Å². The Morgan fingerprint density at radius 2 is 0.304 bits per heavy atom. The van der Waals surface area contributed by atoms with Crippen LogP contribution in [0.25, 0.3) is 225 Å². The molecule has 7 nitrogen and oxygen atoms in total. The van der Waals surface area contributed by atoms with E-state index in [4.69, 9.17) is 0 Å². The first-order valence-corrected chi connectivity index (χ1v) is 43.0. The van der Waals surface area contributed by atoms with Crippen LogP contribution in [0.5, 0.6) is 0 Å². The number of para-hydroxylation sites is 12. The highest BCUT2D eigenvalue weighted by Gasteiger charge is 2.23. The van der Waals surface area contributed by atoms with Crippen molar-refractivity contribution in [1.82, 2.24) is 32.0 Å². The predicted octanol–water partition coefficient (Wildman–Crippen LogP) is 31.2. The minimum absolute atomic E-state index is 1.14. The highest BCUT2D eigenvalue weighted by molar-refractivity contribution is 6.17. The van der Waals surface area contributed by atoms with E-state index in [0.29, 0.717) is 0 Å². The molecule has 0 saturated heterocycles. The van der Waals surface area contributed by atoms with Gasteiger partial charge in [0.2, 0.25) is 0 Å². The lowest BCUT2D eigenvalue weighted by Crippen LogP contribution is -1.99. The Kier molecular flexibility index (Phi) is 16.5. The molecule has 0 unspecified atom stereocenters.